The predicted octanol–water partition coefficient (Wildman–Crippen LogP) is 2.99. The lowest BCUT2D eigenvalue weighted by molar-refractivity contribution is 0.197. The zero-order valence-corrected chi connectivity index (χ0v) is 11.2. The van der Waals surface area contributed by atoms with Gasteiger partial charge >= 0.3 is 0 Å². The van der Waals surface area contributed by atoms with Crippen molar-refractivity contribution in [1.82, 2.24) is 0 Å². The summed E-state index contributed by atoms with van der Waals surface area (Å²) in [5.41, 5.74) is 1.14. The second-order valence-corrected chi connectivity index (χ2v) is 5.89. The molecule has 2 aliphatic rings. The smallest absolute Gasteiger partial charge is 0.162 e. The molecule has 3 rings (SSSR count). The topological polar surface area (TPSA) is 38.7 Å². The lowest BCUT2D eigenvalue weighted by Gasteiger charge is -2.14. The van der Waals surface area contributed by atoms with Gasteiger partial charge in [-0.2, -0.15) is 0 Å². The van der Waals surface area contributed by atoms with E-state index in [-0.39, 0.29) is 17.9 Å². The number of aliphatic hydroxyl groups excluding tert-OH is 1. The summed E-state index contributed by atoms with van der Waals surface area (Å²) in [6.45, 7) is 3.44. The molecule has 1 heterocycles. The minimum Gasteiger partial charge on any atom is -0.489 e. The summed E-state index contributed by atoms with van der Waals surface area (Å²) in [5, 5.41) is 9.86. The molecule has 1 aliphatic carbocycles. The molecule has 0 amide bonds. The van der Waals surface area contributed by atoms with E-state index >= 15 is 0 Å². The third-order valence-corrected chi connectivity index (χ3v) is 4.22. The molecule has 4 heteroatoms. The van der Waals surface area contributed by atoms with Crippen LogP contribution in [0.2, 0.25) is 5.02 Å². The Morgan fingerprint density at radius 2 is 1.89 bits per heavy atom. The van der Waals surface area contributed by atoms with Gasteiger partial charge < -0.3 is 14.6 Å². The van der Waals surface area contributed by atoms with Gasteiger partial charge in [-0.3, -0.25) is 0 Å². The molecule has 1 aliphatic heterocycles. The molecule has 98 valence electrons. The Labute approximate surface area is 112 Å². The molecule has 18 heavy (non-hydrogen) atoms. The highest BCUT2D eigenvalue weighted by atomic mass is 35.5. The molecule has 1 aromatic carbocycles. The highest BCUT2D eigenvalue weighted by molar-refractivity contribution is 6.31. The van der Waals surface area contributed by atoms with Crippen molar-refractivity contribution < 1.29 is 14.6 Å². The molecule has 3 nitrogen and oxygen atoms in total. The molecule has 0 radical (unpaired) electrons. The van der Waals surface area contributed by atoms with E-state index in [4.69, 9.17) is 21.1 Å². The minimum absolute atomic E-state index is 0.00420. The van der Waals surface area contributed by atoms with E-state index in [1.807, 2.05) is 13.0 Å². The molecule has 1 atom stereocenters. The van der Waals surface area contributed by atoms with Gasteiger partial charge in [0, 0.05) is 29.0 Å². The summed E-state index contributed by atoms with van der Waals surface area (Å²) < 4.78 is 11.7. The molecule has 1 spiro atoms. The lowest BCUT2D eigenvalue weighted by atomic mass is 10.0. The van der Waals surface area contributed by atoms with Crippen LogP contribution in [0.5, 0.6) is 11.5 Å². The fraction of sp³-hybridized carbons (Fsp3) is 0.571. The molecule has 1 saturated carbocycles. The first-order valence-corrected chi connectivity index (χ1v) is 6.71. The van der Waals surface area contributed by atoms with Gasteiger partial charge in [-0.05, 0) is 24.5 Å². The summed E-state index contributed by atoms with van der Waals surface area (Å²) in [4.78, 5) is 0. The van der Waals surface area contributed by atoms with Crippen LogP contribution in [0.15, 0.2) is 12.1 Å². The van der Waals surface area contributed by atoms with E-state index in [0.717, 1.165) is 17.1 Å². The molecule has 1 aromatic rings. The van der Waals surface area contributed by atoms with Crippen molar-refractivity contribution in [3.8, 4) is 11.5 Å². The fourth-order valence-electron chi connectivity index (χ4n) is 2.22. The quantitative estimate of drug-likeness (QED) is 0.896. The van der Waals surface area contributed by atoms with Crippen LogP contribution in [0, 0.1) is 5.41 Å². The molecule has 1 N–H and O–H groups in total. The molecule has 0 bridgehead atoms. The van der Waals surface area contributed by atoms with E-state index in [2.05, 4.69) is 0 Å². The molecular formula is C14H17ClO3. The Kier molecular flexibility index (Phi) is 2.91. The largest absolute Gasteiger partial charge is 0.489 e. The number of fused-ring (bicyclic) bond motifs is 1. The van der Waals surface area contributed by atoms with Gasteiger partial charge in [0.2, 0.25) is 0 Å². The maximum Gasteiger partial charge on any atom is 0.162 e. The van der Waals surface area contributed by atoms with Crippen LogP contribution in [0.1, 0.15) is 31.2 Å². The summed E-state index contributed by atoms with van der Waals surface area (Å²) >= 11 is 6.23. The van der Waals surface area contributed by atoms with Crippen molar-refractivity contribution >= 4 is 11.6 Å². The zero-order chi connectivity index (χ0) is 12.8. The molecule has 0 saturated heterocycles. The normalized spacial score (nSPS) is 21.5. The summed E-state index contributed by atoms with van der Waals surface area (Å²) in [6.07, 6.45) is 2.35. The number of hydrogen-bond donors (Lipinski definition) is 1. The van der Waals surface area contributed by atoms with E-state index in [0.29, 0.717) is 18.2 Å². The van der Waals surface area contributed by atoms with Gasteiger partial charge in [0.15, 0.2) is 11.5 Å². The first kappa shape index (κ1) is 12.1. The van der Waals surface area contributed by atoms with Crippen LogP contribution in [0.4, 0.5) is 0 Å². The summed E-state index contributed by atoms with van der Waals surface area (Å²) in [7, 11) is 0. The standard InChI is InChI=1S/C14H17ClO3/c1-9(6-16)10-4-12-13(5-11(10)15)18-8-14(2-3-14)7-17-12/h4-5,9,16H,2-3,6-8H2,1H3. The number of hydrogen-bond acceptors (Lipinski definition) is 3. The molecular weight excluding hydrogens is 252 g/mol. The van der Waals surface area contributed by atoms with Crippen LogP contribution in [0.25, 0.3) is 0 Å². The fourth-order valence-corrected chi connectivity index (χ4v) is 2.56. The highest BCUT2D eigenvalue weighted by Gasteiger charge is 2.46. The van der Waals surface area contributed by atoms with Gasteiger partial charge in [-0.1, -0.05) is 18.5 Å². The SMILES string of the molecule is CC(CO)c1cc2c(cc1Cl)OCC1(CC1)CO2. The Bertz CT molecular complexity index is 468. The van der Waals surface area contributed by atoms with Gasteiger partial charge in [0.05, 0.1) is 13.2 Å². The van der Waals surface area contributed by atoms with Crippen molar-refractivity contribution in [2.24, 2.45) is 5.41 Å². The summed E-state index contributed by atoms with van der Waals surface area (Å²) in [6, 6.07) is 3.71. The van der Waals surface area contributed by atoms with Crippen LogP contribution in [-0.2, 0) is 0 Å². The molecule has 0 aromatic heterocycles. The Morgan fingerprint density at radius 1 is 1.28 bits per heavy atom. The Morgan fingerprint density at radius 3 is 2.44 bits per heavy atom. The molecule has 1 fully saturated rings. The van der Waals surface area contributed by atoms with Crippen molar-refractivity contribution in [2.45, 2.75) is 25.7 Å². The minimum atomic E-state index is 0.00420. The van der Waals surface area contributed by atoms with Crippen LogP contribution >= 0.6 is 11.6 Å². The average Bonchev–Trinajstić information content (AvgIpc) is 3.16. The maximum absolute atomic E-state index is 9.23. The van der Waals surface area contributed by atoms with Gasteiger partial charge in [0.1, 0.15) is 0 Å². The lowest BCUT2D eigenvalue weighted by Crippen LogP contribution is -2.17. The van der Waals surface area contributed by atoms with Crippen LogP contribution in [0.3, 0.4) is 0 Å². The van der Waals surface area contributed by atoms with Crippen LogP contribution < -0.4 is 9.47 Å². The maximum atomic E-state index is 9.23. The van der Waals surface area contributed by atoms with Gasteiger partial charge in [-0.25, -0.2) is 0 Å². The first-order valence-electron chi connectivity index (χ1n) is 6.33. The van der Waals surface area contributed by atoms with Crippen molar-refractivity contribution in [3.63, 3.8) is 0 Å². The second kappa shape index (κ2) is 4.32. The van der Waals surface area contributed by atoms with Crippen molar-refractivity contribution in [1.29, 1.82) is 0 Å². The average molecular weight is 269 g/mol. The third kappa shape index (κ3) is 2.06. The van der Waals surface area contributed by atoms with Crippen LogP contribution in [-0.4, -0.2) is 24.9 Å². The van der Waals surface area contributed by atoms with Crippen molar-refractivity contribution in [2.75, 3.05) is 19.8 Å². The number of rotatable bonds is 2. The number of aliphatic hydroxyl groups is 1. The van der Waals surface area contributed by atoms with E-state index in [1.54, 1.807) is 6.07 Å². The van der Waals surface area contributed by atoms with E-state index in [9.17, 15) is 5.11 Å². The van der Waals surface area contributed by atoms with Gasteiger partial charge in [-0.15, -0.1) is 0 Å². The highest BCUT2D eigenvalue weighted by Crippen LogP contribution is 2.49. The summed E-state index contributed by atoms with van der Waals surface area (Å²) in [5.74, 6) is 1.47. The number of ether oxygens (including phenoxy) is 2. The van der Waals surface area contributed by atoms with E-state index < -0.39 is 0 Å². The number of halogens is 1. The number of benzene rings is 1. The van der Waals surface area contributed by atoms with E-state index in [1.165, 1.54) is 12.8 Å². The molecule has 1 unspecified atom stereocenters. The Hall–Kier alpha value is -0.930. The van der Waals surface area contributed by atoms with Gasteiger partial charge in [0.25, 0.3) is 0 Å². The Balaban J connectivity index is 1.93. The monoisotopic (exact) mass is 268 g/mol. The third-order valence-electron chi connectivity index (χ3n) is 3.89. The zero-order valence-electron chi connectivity index (χ0n) is 10.4. The second-order valence-electron chi connectivity index (χ2n) is 5.48. The van der Waals surface area contributed by atoms with Crippen molar-refractivity contribution in [3.05, 3.63) is 22.7 Å². The first-order chi connectivity index (χ1) is 8.63. The predicted molar refractivity (Wildman–Crippen MR) is 69.6 cm³/mol.